The van der Waals surface area contributed by atoms with E-state index in [0.29, 0.717) is 5.02 Å². The molecule has 0 amide bonds. The number of hydrogen-bond donors (Lipinski definition) is 1. The van der Waals surface area contributed by atoms with Gasteiger partial charge in [0.1, 0.15) is 5.52 Å². The van der Waals surface area contributed by atoms with Gasteiger partial charge in [-0.05, 0) is 75.5 Å². The fourth-order valence-corrected chi connectivity index (χ4v) is 3.64. The van der Waals surface area contributed by atoms with Gasteiger partial charge in [-0.1, -0.05) is 11.6 Å². The maximum absolute atomic E-state index is 6.16. The molecule has 4 rings (SSSR count). The zero-order chi connectivity index (χ0) is 17.9. The Hall–Kier alpha value is -1.91. The maximum atomic E-state index is 6.16. The number of anilines is 1. The summed E-state index contributed by atoms with van der Waals surface area (Å²) >= 11 is 6.16. The molecular formula is C21H25ClN4. The Labute approximate surface area is 159 Å². The summed E-state index contributed by atoms with van der Waals surface area (Å²) in [4.78, 5) is 11.7. The molecule has 0 saturated heterocycles. The molecule has 1 N–H and O–H groups in total. The Balaban J connectivity index is 1.45. The van der Waals surface area contributed by atoms with Crippen molar-refractivity contribution in [3.05, 3.63) is 41.6 Å². The number of benzene rings is 1. The molecule has 2 heterocycles. The molecule has 1 saturated carbocycles. The van der Waals surface area contributed by atoms with E-state index >= 15 is 0 Å². The van der Waals surface area contributed by atoms with Crippen molar-refractivity contribution in [2.45, 2.75) is 25.7 Å². The van der Waals surface area contributed by atoms with E-state index in [9.17, 15) is 0 Å². The van der Waals surface area contributed by atoms with Crippen LogP contribution < -0.4 is 5.32 Å². The van der Waals surface area contributed by atoms with Crippen molar-refractivity contribution >= 4 is 39.2 Å². The molecule has 0 bridgehead atoms. The lowest BCUT2D eigenvalue weighted by Gasteiger charge is -2.16. The summed E-state index contributed by atoms with van der Waals surface area (Å²) in [6.07, 6.45) is 7.01. The monoisotopic (exact) mass is 368 g/mol. The molecule has 1 aliphatic rings. The van der Waals surface area contributed by atoms with E-state index in [4.69, 9.17) is 16.6 Å². The largest absolute Gasteiger partial charge is 0.383 e. The average molecular weight is 369 g/mol. The molecule has 3 aromatic rings. The van der Waals surface area contributed by atoms with Crippen molar-refractivity contribution in [2.75, 3.05) is 32.0 Å². The summed E-state index contributed by atoms with van der Waals surface area (Å²) in [5.41, 5.74) is 3.79. The van der Waals surface area contributed by atoms with Crippen molar-refractivity contribution in [2.24, 2.45) is 5.92 Å². The third-order valence-corrected chi connectivity index (χ3v) is 5.26. The van der Waals surface area contributed by atoms with Gasteiger partial charge in [0, 0.05) is 29.7 Å². The Bertz CT molecular complexity index is 907. The van der Waals surface area contributed by atoms with E-state index in [1.165, 1.54) is 32.4 Å². The maximum Gasteiger partial charge on any atom is 0.112 e. The highest BCUT2D eigenvalue weighted by atomic mass is 35.5. The third kappa shape index (κ3) is 4.08. The van der Waals surface area contributed by atoms with E-state index < -0.39 is 0 Å². The summed E-state index contributed by atoms with van der Waals surface area (Å²) in [5.74, 6) is 0.963. The molecule has 4 nitrogen and oxygen atoms in total. The molecular weight excluding hydrogens is 344 g/mol. The number of pyridine rings is 2. The van der Waals surface area contributed by atoms with Gasteiger partial charge >= 0.3 is 0 Å². The number of nitrogens with zero attached hydrogens (tertiary/aromatic N) is 3. The fraction of sp³-hybridized carbons (Fsp3) is 0.429. The molecule has 136 valence electrons. The molecule has 1 fully saturated rings. The predicted molar refractivity (Wildman–Crippen MR) is 110 cm³/mol. The molecule has 0 radical (unpaired) electrons. The van der Waals surface area contributed by atoms with Crippen LogP contribution in [-0.4, -0.2) is 41.5 Å². The molecule has 2 aromatic heterocycles. The van der Waals surface area contributed by atoms with Gasteiger partial charge in [0.2, 0.25) is 0 Å². The number of hydrogen-bond acceptors (Lipinski definition) is 4. The minimum atomic E-state index is 0.706. The molecule has 0 atom stereocenters. The molecule has 1 aromatic carbocycles. The van der Waals surface area contributed by atoms with E-state index in [1.807, 2.05) is 36.5 Å². The van der Waals surface area contributed by atoms with E-state index in [0.717, 1.165) is 46.5 Å². The lowest BCUT2D eigenvalue weighted by atomic mass is 10.1. The Kier molecular flexibility index (Phi) is 5.23. The van der Waals surface area contributed by atoms with Crippen LogP contribution in [0.4, 0.5) is 5.69 Å². The van der Waals surface area contributed by atoms with Crippen LogP contribution in [0.1, 0.15) is 25.7 Å². The van der Waals surface area contributed by atoms with Gasteiger partial charge in [-0.25, -0.2) is 4.98 Å². The van der Waals surface area contributed by atoms with Crippen molar-refractivity contribution in [3.63, 3.8) is 0 Å². The summed E-state index contributed by atoms with van der Waals surface area (Å²) in [6, 6.07) is 9.79. The minimum Gasteiger partial charge on any atom is -0.383 e. The zero-order valence-electron chi connectivity index (χ0n) is 15.2. The van der Waals surface area contributed by atoms with Gasteiger partial charge in [-0.3, -0.25) is 4.98 Å². The van der Waals surface area contributed by atoms with E-state index in [2.05, 4.69) is 22.2 Å². The van der Waals surface area contributed by atoms with E-state index in [-0.39, 0.29) is 0 Å². The lowest BCUT2D eigenvalue weighted by Crippen LogP contribution is -2.22. The fourth-order valence-electron chi connectivity index (χ4n) is 3.48. The number of aromatic nitrogens is 2. The number of fused-ring (bicyclic) bond motifs is 2. The first kappa shape index (κ1) is 17.5. The summed E-state index contributed by atoms with van der Waals surface area (Å²) in [6.45, 7) is 3.37. The van der Waals surface area contributed by atoms with Crippen LogP contribution in [0.15, 0.2) is 36.5 Å². The first-order valence-corrected chi connectivity index (χ1v) is 9.85. The smallest absolute Gasteiger partial charge is 0.112 e. The van der Waals surface area contributed by atoms with Crippen LogP contribution in [0.2, 0.25) is 5.02 Å². The molecule has 0 aliphatic heterocycles. The van der Waals surface area contributed by atoms with Gasteiger partial charge in [0.05, 0.1) is 16.7 Å². The molecule has 0 spiro atoms. The summed E-state index contributed by atoms with van der Waals surface area (Å²) < 4.78 is 0. The second-order valence-corrected chi connectivity index (χ2v) is 7.80. The minimum absolute atomic E-state index is 0.706. The first-order chi connectivity index (χ1) is 12.7. The number of nitrogens with one attached hydrogen (secondary N) is 1. The standard InChI is InChI=1S/C21H25ClN4/c1-26(14-15-6-7-15)12-3-2-10-23-20-17-9-8-16(22)13-19(17)25-18-5-4-11-24-21(18)20/h4-5,8-9,11,13,15H,2-3,6-7,10,12,14H2,1H3,(H,23,25). The highest BCUT2D eigenvalue weighted by molar-refractivity contribution is 6.31. The van der Waals surface area contributed by atoms with Crippen LogP contribution in [0.5, 0.6) is 0 Å². The molecule has 26 heavy (non-hydrogen) atoms. The highest BCUT2D eigenvalue weighted by Gasteiger charge is 2.22. The van der Waals surface area contributed by atoms with Crippen molar-refractivity contribution < 1.29 is 0 Å². The lowest BCUT2D eigenvalue weighted by molar-refractivity contribution is 0.314. The number of unbranched alkanes of at least 4 members (excludes halogenated alkanes) is 1. The summed E-state index contributed by atoms with van der Waals surface area (Å²) in [5, 5.41) is 5.39. The number of halogens is 1. The van der Waals surface area contributed by atoms with Crippen LogP contribution in [-0.2, 0) is 0 Å². The topological polar surface area (TPSA) is 41.0 Å². The van der Waals surface area contributed by atoms with Crippen LogP contribution >= 0.6 is 11.6 Å². The molecule has 5 heteroatoms. The van der Waals surface area contributed by atoms with Crippen molar-refractivity contribution in [1.82, 2.24) is 14.9 Å². The SMILES string of the molecule is CN(CCCCNc1c2ccc(Cl)cc2nc2cccnc12)CC1CC1. The Morgan fingerprint density at radius 1 is 1.19 bits per heavy atom. The highest BCUT2D eigenvalue weighted by Crippen LogP contribution is 2.31. The zero-order valence-corrected chi connectivity index (χ0v) is 16.0. The second-order valence-electron chi connectivity index (χ2n) is 7.36. The van der Waals surface area contributed by atoms with Crippen LogP contribution in [0.25, 0.3) is 21.9 Å². The normalized spacial score (nSPS) is 14.4. The van der Waals surface area contributed by atoms with Gasteiger partial charge in [-0.15, -0.1) is 0 Å². The first-order valence-electron chi connectivity index (χ1n) is 9.47. The van der Waals surface area contributed by atoms with Gasteiger partial charge in [0.25, 0.3) is 0 Å². The third-order valence-electron chi connectivity index (χ3n) is 5.03. The quantitative estimate of drug-likeness (QED) is 0.450. The van der Waals surface area contributed by atoms with E-state index in [1.54, 1.807) is 0 Å². The molecule has 0 unspecified atom stereocenters. The van der Waals surface area contributed by atoms with Gasteiger partial charge in [-0.2, -0.15) is 0 Å². The van der Waals surface area contributed by atoms with Gasteiger partial charge < -0.3 is 10.2 Å². The Morgan fingerprint density at radius 2 is 2.08 bits per heavy atom. The number of rotatable bonds is 8. The predicted octanol–water partition coefficient (Wildman–Crippen LogP) is 4.97. The van der Waals surface area contributed by atoms with Crippen molar-refractivity contribution in [1.29, 1.82) is 0 Å². The van der Waals surface area contributed by atoms with Crippen molar-refractivity contribution in [3.8, 4) is 0 Å². The van der Waals surface area contributed by atoms with Crippen LogP contribution in [0.3, 0.4) is 0 Å². The van der Waals surface area contributed by atoms with Gasteiger partial charge in [0.15, 0.2) is 0 Å². The Morgan fingerprint density at radius 3 is 2.92 bits per heavy atom. The average Bonchev–Trinajstić information content (AvgIpc) is 3.44. The second kappa shape index (κ2) is 7.77. The summed E-state index contributed by atoms with van der Waals surface area (Å²) in [7, 11) is 2.24. The molecule has 1 aliphatic carbocycles. The van der Waals surface area contributed by atoms with Crippen LogP contribution in [0, 0.1) is 5.92 Å².